The number of pyridine rings is 1. The van der Waals surface area contributed by atoms with Gasteiger partial charge in [-0.05, 0) is 46.0 Å². The Morgan fingerprint density at radius 1 is 1.19 bits per heavy atom. The van der Waals surface area contributed by atoms with Gasteiger partial charge in [0.15, 0.2) is 11.5 Å². The number of aromatic nitrogens is 6. The van der Waals surface area contributed by atoms with Crippen molar-refractivity contribution in [3.63, 3.8) is 0 Å². The standard InChI is InChI=1S/C21H25F2N9/c1-11(2)32-12(3)25-15-6-5-14(26-19(15)32)13-7-8-31-17(13)18(24)28-20(29-31)27-16-9-30(4)10-21(16,22)23/h5-8,11,16H,9-10H2,1-4H3,(H3,24,27,28,29)/t16-/m1/s1. The van der Waals surface area contributed by atoms with Crippen LogP contribution in [0.4, 0.5) is 20.5 Å². The summed E-state index contributed by atoms with van der Waals surface area (Å²) in [5, 5.41) is 7.11. The minimum atomic E-state index is -2.87. The maximum absolute atomic E-state index is 14.2. The molecule has 3 N–H and O–H groups in total. The zero-order valence-electron chi connectivity index (χ0n) is 18.3. The molecule has 1 aliphatic rings. The molecule has 1 fully saturated rings. The fraction of sp³-hybridized carbons (Fsp3) is 0.429. The van der Waals surface area contributed by atoms with E-state index < -0.39 is 12.0 Å². The Balaban J connectivity index is 1.55. The van der Waals surface area contributed by atoms with Crippen LogP contribution in [0.25, 0.3) is 27.9 Å². The number of halogens is 2. The molecule has 168 valence electrons. The Labute approximate surface area is 183 Å². The Hall–Kier alpha value is -3.34. The molecule has 5 heterocycles. The summed E-state index contributed by atoms with van der Waals surface area (Å²) < 4.78 is 32.0. The third kappa shape index (κ3) is 3.24. The number of nitrogens with zero attached hydrogens (tertiary/aromatic N) is 7. The first kappa shape index (κ1) is 20.6. The number of nitrogens with one attached hydrogen (secondary N) is 1. The van der Waals surface area contributed by atoms with Crippen LogP contribution in [-0.2, 0) is 0 Å². The number of imidazole rings is 1. The highest BCUT2D eigenvalue weighted by Crippen LogP contribution is 2.32. The van der Waals surface area contributed by atoms with Gasteiger partial charge in [0.05, 0.1) is 12.2 Å². The first-order chi connectivity index (χ1) is 15.1. The highest BCUT2D eigenvalue weighted by molar-refractivity contribution is 5.88. The molecule has 11 heteroatoms. The van der Waals surface area contributed by atoms with Crippen molar-refractivity contribution in [2.75, 3.05) is 31.2 Å². The lowest BCUT2D eigenvalue weighted by atomic mass is 10.2. The van der Waals surface area contributed by atoms with Gasteiger partial charge in [0.25, 0.3) is 5.92 Å². The van der Waals surface area contributed by atoms with Crippen LogP contribution in [0.5, 0.6) is 0 Å². The minimum Gasteiger partial charge on any atom is -0.382 e. The molecule has 32 heavy (non-hydrogen) atoms. The van der Waals surface area contributed by atoms with Crippen LogP contribution in [-0.4, -0.2) is 66.1 Å². The molecule has 1 aliphatic heterocycles. The van der Waals surface area contributed by atoms with Gasteiger partial charge in [-0.3, -0.25) is 4.90 Å². The SMILES string of the molecule is Cc1nc2ccc(-c3ccn4nc(N[C@@H]5CN(C)CC5(F)F)nc(N)c34)nc2n1C(C)C. The number of fused-ring (bicyclic) bond motifs is 2. The molecule has 0 unspecified atom stereocenters. The molecule has 0 spiro atoms. The Morgan fingerprint density at radius 3 is 2.66 bits per heavy atom. The van der Waals surface area contributed by atoms with Crippen LogP contribution in [0.1, 0.15) is 25.7 Å². The van der Waals surface area contributed by atoms with Crippen LogP contribution in [0.2, 0.25) is 0 Å². The van der Waals surface area contributed by atoms with Crippen LogP contribution in [0.3, 0.4) is 0 Å². The third-order valence-corrected chi connectivity index (χ3v) is 5.83. The predicted molar refractivity (Wildman–Crippen MR) is 119 cm³/mol. The molecule has 0 bridgehead atoms. The topological polar surface area (TPSA) is 102 Å². The number of alkyl halides is 2. The Bertz CT molecular complexity index is 1320. The van der Waals surface area contributed by atoms with Crippen LogP contribution < -0.4 is 11.1 Å². The van der Waals surface area contributed by atoms with Crippen LogP contribution in [0.15, 0.2) is 24.4 Å². The first-order valence-electron chi connectivity index (χ1n) is 10.5. The summed E-state index contributed by atoms with van der Waals surface area (Å²) in [5.74, 6) is -1.73. The molecular weight excluding hydrogens is 416 g/mol. The van der Waals surface area contributed by atoms with E-state index in [-0.39, 0.29) is 30.9 Å². The second kappa shape index (κ2) is 7.09. The average molecular weight is 441 g/mol. The van der Waals surface area contributed by atoms with Gasteiger partial charge in [-0.2, -0.15) is 4.98 Å². The van der Waals surface area contributed by atoms with Gasteiger partial charge in [0.2, 0.25) is 5.95 Å². The quantitative estimate of drug-likeness (QED) is 0.502. The molecule has 4 aromatic heterocycles. The van der Waals surface area contributed by atoms with Gasteiger partial charge in [-0.25, -0.2) is 23.3 Å². The number of nitrogen functional groups attached to an aromatic ring is 1. The number of rotatable bonds is 4. The summed E-state index contributed by atoms with van der Waals surface area (Å²) >= 11 is 0. The average Bonchev–Trinajstić information content (AvgIpc) is 3.33. The van der Waals surface area contributed by atoms with Gasteiger partial charge in [-0.15, -0.1) is 5.10 Å². The summed E-state index contributed by atoms with van der Waals surface area (Å²) in [6.07, 6.45) is 1.73. The lowest BCUT2D eigenvalue weighted by Gasteiger charge is -2.19. The van der Waals surface area contributed by atoms with Crippen LogP contribution >= 0.6 is 0 Å². The molecule has 0 amide bonds. The van der Waals surface area contributed by atoms with Crippen molar-refractivity contribution in [3.8, 4) is 11.3 Å². The van der Waals surface area contributed by atoms with Gasteiger partial charge in [0.1, 0.15) is 22.9 Å². The van der Waals surface area contributed by atoms with Gasteiger partial charge < -0.3 is 15.6 Å². The zero-order chi connectivity index (χ0) is 22.8. The van der Waals surface area contributed by atoms with Crippen molar-refractivity contribution < 1.29 is 8.78 Å². The Morgan fingerprint density at radius 2 is 1.97 bits per heavy atom. The van der Waals surface area contributed by atoms with E-state index in [4.69, 9.17) is 10.7 Å². The second-order valence-electron chi connectivity index (χ2n) is 8.66. The minimum absolute atomic E-state index is 0.0639. The number of likely N-dealkylation sites (tertiary alicyclic amines) is 1. The lowest BCUT2D eigenvalue weighted by molar-refractivity contribution is 0.00584. The van der Waals surface area contributed by atoms with Crippen molar-refractivity contribution in [2.24, 2.45) is 0 Å². The van der Waals surface area contributed by atoms with E-state index in [0.717, 1.165) is 22.6 Å². The highest BCUT2D eigenvalue weighted by atomic mass is 19.3. The summed E-state index contributed by atoms with van der Waals surface area (Å²) in [5.41, 5.74) is 9.91. The smallest absolute Gasteiger partial charge is 0.281 e. The molecule has 4 aromatic rings. The van der Waals surface area contributed by atoms with Crippen molar-refractivity contribution >= 4 is 28.4 Å². The second-order valence-corrected chi connectivity index (χ2v) is 8.66. The zero-order valence-corrected chi connectivity index (χ0v) is 18.3. The molecule has 9 nitrogen and oxygen atoms in total. The van der Waals surface area contributed by atoms with E-state index in [1.807, 2.05) is 25.1 Å². The van der Waals surface area contributed by atoms with Crippen molar-refractivity contribution in [1.29, 1.82) is 0 Å². The van der Waals surface area contributed by atoms with Crippen molar-refractivity contribution in [1.82, 2.24) is 34.0 Å². The van der Waals surface area contributed by atoms with Gasteiger partial charge in [0, 0.05) is 24.3 Å². The molecule has 1 saturated heterocycles. The molecular formula is C21H25F2N9. The summed E-state index contributed by atoms with van der Waals surface area (Å²) in [6, 6.07) is 4.79. The molecule has 1 atom stereocenters. The fourth-order valence-electron chi connectivity index (χ4n) is 4.46. The van der Waals surface area contributed by atoms with E-state index in [9.17, 15) is 8.78 Å². The molecule has 0 radical (unpaired) electrons. The van der Waals surface area contributed by atoms with E-state index in [0.29, 0.717) is 11.2 Å². The fourth-order valence-corrected chi connectivity index (χ4v) is 4.46. The monoisotopic (exact) mass is 441 g/mol. The number of likely N-dealkylation sites (N-methyl/N-ethyl adjacent to an activating group) is 1. The van der Waals surface area contributed by atoms with Crippen LogP contribution in [0, 0.1) is 6.92 Å². The normalized spacial score (nSPS) is 18.9. The summed E-state index contributed by atoms with van der Waals surface area (Å²) in [6.45, 7) is 6.01. The van der Waals surface area contributed by atoms with E-state index in [1.54, 1.807) is 22.7 Å². The highest BCUT2D eigenvalue weighted by Gasteiger charge is 2.47. The first-order valence-corrected chi connectivity index (χ1v) is 10.5. The molecule has 5 rings (SSSR count). The number of aryl methyl sites for hydroxylation is 1. The number of hydrogen-bond acceptors (Lipinski definition) is 7. The maximum atomic E-state index is 14.2. The molecule has 0 saturated carbocycles. The van der Waals surface area contributed by atoms with Crippen molar-refractivity contribution in [3.05, 3.63) is 30.2 Å². The summed E-state index contributed by atoms with van der Waals surface area (Å²) in [4.78, 5) is 15.3. The summed E-state index contributed by atoms with van der Waals surface area (Å²) in [7, 11) is 1.66. The largest absolute Gasteiger partial charge is 0.382 e. The number of nitrogens with two attached hydrogens (primary N) is 1. The molecule has 0 aliphatic carbocycles. The van der Waals surface area contributed by atoms with Gasteiger partial charge in [-0.1, -0.05) is 0 Å². The maximum Gasteiger partial charge on any atom is 0.281 e. The van der Waals surface area contributed by atoms with E-state index in [1.165, 1.54) is 0 Å². The number of hydrogen-bond donors (Lipinski definition) is 2. The number of anilines is 2. The lowest BCUT2D eigenvalue weighted by Crippen LogP contribution is -2.38. The molecule has 0 aromatic carbocycles. The van der Waals surface area contributed by atoms with E-state index in [2.05, 4.69) is 38.8 Å². The van der Waals surface area contributed by atoms with E-state index >= 15 is 0 Å². The predicted octanol–water partition coefficient (Wildman–Crippen LogP) is 2.97. The Kier molecular flexibility index (Phi) is 4.55. The third-order valence-electron chi connectivity index (χ3n) is 5.83. The van der Waals surface area contributed by atoms with Crippen molar-refractivity contribution in [2.45, 2.75) is 38.8 Å². The van der Waals surface area contributed by atoms with Gasteiger partial charge >= 0.3 is 0 Å².